The van der Waals surface area contributed by atoms with Crippen LogP contribution in [0, 0.1) is 0 Å². The average molecular weight is 786 g/mol. The molecule has 0 unspecified atom stereocenters. The average Bonchev–Trinajstić information content (AvgIpc) is 3.14. The number of unbranched alkanes of at least 4 members (excludes halogenated alkanes) is 5. The van der Waals surface area contributed by atoms with E-state index >= 15 is 0 Å². The Kier molecular flexibility index (Phi) is 14.1. The van der Waals surface area contributed by atoms with Crippen LogP contribution < -0.4 is 4.90 Å². The zero-order valence-corrected chi connectivity index (χ0v) is 29.2. The molecule has 0 aliphatic carbocycles. The molecule has 0 radical (unpaired) electrons. The maximum atomic E-state index is 14.1. The highest BCUT2D eigenvalue weighted by molar-refractivity contribution is 6.12. The van der Waals surface area contributed by atoms with Crippen molar-refractivity contribution in [3.8, 4) is 0 Å². The lowest BCUT2D eigenvalue weighted by Gasteiger charge is -2.25. The van der Waals surface area contributed by atoms with Gasteiger partial charge in [0.05, 0.1) is 44.5 Å². The number of carboxylic acid groups (broad SMARTS) is 3. The van der Waals surface area contributed by atoms with Gasteiger partial charge in [-0.15, -0.1) is 0 Å². The summed E-state index contributed by atoms with van der Waals surface area (Å²) < 4.78 is 63.5. The van der Waals surface area contributed by atoms with E-state index in [4.69, 9.17) is 44.8 Å². The molecule has 0 spiro atoms. The molecule has 12 nitrogen and oxygen atoms in total. The van der Waals surface area contributed by atoms with Gasteiger partial charge in [0, 0.05) is 12.8 Å². The van der Waals surface area contributed by atoms with E-state index < -0.39 is 30.3 Å². The number of nitrogens with zero attached hydrogens (tertiary/aromatic N) is 5. The third-order valence-electron chi connectivity index (χ3n) is 7.94. The summed E-state index contributed by atoms with van der Waals surface area (Å²) in [5.74, 6) is -6.32. The number of hydrogen-bond donors (Lipinski definition) is 3. The molecule has 6 aromatic rings. The summed E-state index contributed by atoms with van der Waals surface area (Å²) in [6, 6.07) is 26.9. The fourth-order valence-corrected chi connectivity index (χ4v) is 5.39. The van der Waals surface area contributed by atoms with Crippen molar-refractivity contribution in [3.63, 3.8) is 0 Å². The minimum Gasteiger partial charge on any atom is -0.481 e. The Labute approximate surface area is 313 Å². The molecule has 56 heavy (non-hydrogen) atoms. The minimum atomic E-state index is -5.08. The van der Waals surface area contributed by atoms with E-state index in [1.54, 1.807) is 4.90 Å². The van der Waals surface area contributed by atoms with E-state index in [1.165, 1.54) is 0 Å². The van der Waals surface area contributed by atoms with Crippen molar-refractivity contribution in [3.05, 3.63) is 84.9 Å². The molecule has 6 rings (SSSR count). The SMILES string of the molecule is O=C(O)C(F)(F)F.O=C(O)C(F)(F)F.O=C(O)CCCCCCCCC(=O)N(c1cccc2nc3ccccc3nc12)c1cccc2nc3ccccc3nc12. The first-order valence-corrected chi connectivity index (χ1v) is 16.9. The smallest absolute Gasteiger partial charge is 0.481 e. The van der Waals surface area contributed by atoms with Crippen LogP contribution in [0.5, 0.6) is 0 Å². The Morgan fingerprint density at radius 3 is 1.14 bits per heavy atom. The van der Waals surface area contributed by atoms with E-state index in [1.807, 2.05) is 84.9 Å². The number of carbonyl (C=O) groups is 4. The number of carbonyl (C=O) groups excluding carboxylic acids is 1. The Hall–Kier alpha value is -6.46. The molecule has 294 valence electrons. The molecule has 0 saturated heterocycles. The van der Waals surface area contributed by atoms with Gasteiger partial charge in [0.25, 0.3) is 0 Å². The predicted octanol–water partition coefficient (Wildman–Crippen LogP) is 9.02. The van der Waals surface area contributed by atoms with E-state index in [0.29, 0.717) is 46.3 Å². The number of carboxylic acids is 3. The maximum Gasteiger partial charge on any atom is 0.490 e. The van der Waals surface area contributed by atoms with Crippen molar-refractivity contribution in [1.82, 2.24) is 19.9 Å². The summed E-state index contributed by atoms with van der Waals surface area (Å²) in [6.07, 6.45) is -4.48. The Bertz CT molecular complexity index is 2210. The van der Waals surface area contributed by atoms with Crippen LogP contribution in [0.1, 0.15) is 51.4 Å². The Morgan fingerprint density at radius 2 is 0.786 bits per heavy atom. The van der Waals surface area contributed by atoms with Crippen molar-refractivity contribution in [1.29, 1.82) is 0 Å². The van der Waals surface area contributed by atoms with Gasteiger partial charge >= 0.3 is 30.3 Å². The van der Waals surface area contributed by atoms with Gasteiger partial charge in [-0.25, -0.2) is 29.5 Å². The third kappa shape index (κ3) is 11.5. The molecular formula is C38H33F6N5O7. The van der Waals surface area contributed by atoms with Crippen molar-refractivity contribution in [2.24, 2.45) is 0 Å². The molecule has 2 aromatic heterocycles. The number of alkyl halides is 6. The second-order valence-electron chi connectivity index (χ2n) is 12.1. The maximum absolute atomic E-state index is 14.1. The molecular weight excluding hydrogens is 752 g/mol. The largest absolute Gasteiger partial charge is 0.490 e. The molecule has 0 fully saturated rings. The zero-order valence-electron chi connectivity index (χ0n) is 29.2. The van der Waals surface area contributed by atoms with Gasteiger partial charge in [-0.2, -0.15) is 26.3 Å². The van der Waals surface area contributed by atoms with Crippen LogP contribution in [0.15, 0.2) is 84.9 Å². The summed E-state index contributed by atoms with van der Waals surface area (Å²) >= 11 is 0. The summed E-state index contributed by atoms with van der Waals surface area (Å²) in [6.45, 7) is 0. The van der Waals surface area contributed by atoms with Crippen molar-refractivity contribution < 1.29 is 60.8 Å². The highest BCUT2D eigenvalue weighted by Gasteiger charge is 2.39. The molecule has 2 heterocycles. The van der Waals surface area contributed by atoms with E-state index in [0.717, 1.165) is 54.2 Å². The predicted molar refractivity (Wildman–Crippen MR) is 193 cm³/mol. The summed E-state index contributed by atoms with van der Waals surface area (Å²) in [5, 5.41) is 23.1. The highest BCUT2D eigenvalue weighted by Crippen LogP contribution is 2.36. The number of aromatic nitrogens is 4. The first-order chi connectivity index (χ1) is 26.5. The van der Waals surface area contributed by atoms with Gasteiger partial charge in [-0.05, 0) is 61.4 Å². The van der Waals surface area contributed by atoms with E-state index in [2.05, 4.69) is 0 Å². The molecule has 1 amide bonds. The summed E-state index contributed by atoms with van der Waals surface area (Å²) in [5.41, 5.74) is 7.15. The van der Waals surface area contributed by atoms with Crippen LogP contribution in [0.3, 0.4) is 0 Å². The van der Waals surface area contributed by atoms with Crippen LogP contribution in [0.4, 0.5) is 37.7 Å². The van der Waals surface area contributed by atoms with Crippen LogP contribution in [-0.2, 0) is 19.2 Å². The lowest BCUT2D eigenvalue weighted by Crippen LogP contribution is -2.26. The number of hydrogen-bond acceptors (Lipinski definition) is 8. The van der Waals surface area contributed by atoms with Crippen LogP contribution in [0.2, 0.25) is 0 Å². The first kappa shape index (κ1) is 42.3. The number of rotatable bonds is 11. The van der Waals surface area contributed by atoms with Crippen LogP contribution in [-0.4, -0.2) is 71.4 Å². The zero-order chi connectivity index (χ0) is 41.0. The lowest BCUT2D eigenvalue weighted by atomic mass is 10.1. The first-order valence-electron chi connectivity index (χ1n) is 16.9. The number of amides is 1. The monoisotopic (exact) mass is 785 g/mol. The number of halogens is 6. The van der Waals surface area contributed by atoms with E-state index in [-0.39, 0.29) is 12.3 Å². The number of para-hydroxylation sites is 6. The standard InChI is InChI=1S/C34H31N5O3.2C2HF3O2/c40-31(21-5-3-1-2-4-6-22-32(41)42)39(29-19-11-17-27-33(29)37-25-15-9-7-13-23(25)35-27)30-20-12-18-28-34(30)38-26-16-10-8-14-24(26)36-28;2*3-2(4,5)1(6)7/h7-20H,1-6,21-22H2,(H,41,42);2*(H,6,7). The summed E-state index contributed by atoms with van der Waals surface area (Å²) in [4.78, 5) is 64.0. The fourth-order valence-electron chi connectivity index (χ4n) is 5.39. The van der Waals surface area contributed by atoms with Crippen LogP contribution in [0.25, 0.3) is 44.1 Å². The number of fused-ring (bicyclic) bond motifs is 4. The van der Waals surface area contributed by atoms with Crippen LogP contribution >= 0.6 is 0 Å². The second kappa shape index (κ2) is 18.7. The van der Waals surface area contributed by atoms with Gasteiger partial charge in [0.15, 0.2) is 0 Å². The van der Waals surface area contributed by atoms with Crippen molar-refractivity contribution in [2.45, 2.75) is 63.7 Å². The Morgan fingerprint density at radius 1 is 0.464 bits per heavy atom. The molecule has 0 aliphatic rings. The van der Waals surface area contributed by atoms with Crippen molar-refractivity contribution in [2.75, 3.05) is 4.90 Å². The fraction of sp³-hybridized carbons (Fsp3) is 0.263. The minimum absolute atomic E-state index is 0.0502. The van der Waals surface area contributed by atoms with Gasteiger partial charge in [-0.1, -0.05) is 62.1 Å². The van der Waals surface area contributed by atoms with Gasteiger partial charge < -0.3 is 15.3 Å². The normalized spacial score (nSPS) is 11.4. The van der Waals surface area contributed by atoms with Gasteiger partial charge in [-0.3, -0.25) is 14.5 Å². The molecule has 4 aromatic carbocycles. The topological polar surface area (TPSA) is 184 Å². The molecule has 0 saturated carbocycles. The van der Waals surface area contributed by atoms with Gasteiger partial charge in [0.2, 0.25) is 5.91 Å². The van der Waals surface area contributed by atoms with E-state index in [9.17, 15) is 35.9 Å². The summed E-state index contributed by atoms with van der Waals surface area (Å²) in [7, 11) is 0. The molecule has 3 N–H and O–H groups in total. The second-order valence-corrected chi connectivity index (χ2v) is 12.1. The number of anilines is 2. The van der Waals surface area contributed by atoms with Crippen molar-refractivity contribution >= 4 is 79.3 Å². The number of benzene rings is 4. The highest BCUT2D eigenvalue weighted by atomic mass is 19.4. The van der Waals surface area contributed by atoms with Gasteiger partial charge in [0.1, 0.15) is 11.0 Å². The lowest BCUT2D eigenvalue weighted by molar-refractivity contribution is -0.193. The molecule has 0 aliphatic heterocycles. The molecule has 0 bridgehead atoms. The molecule has 0 atom stereocenters. The quantitative estimate of drug-likeness (QED) is 0.0647. The third-order valence-corrected chi connectivity index (χ3v) is 7.94. The Balaban J connectivity index is 0.000000425. The molecule has 18 heteroatoms. The number of aliphatic carboxylic acids is 3.